The quantitative estimate of drug-likeness (QED) is 0.581. The Labute approximate surface area is 170 Å². The first kappa shape index (κ1) is 19.1. The van der Waals surface area contributed by atoms with Crippen molar-refractivity contribution in [2.75, 3.05) is 11.1 Å². The molecule has 0 radical (unpaired) electrons. The second-order valence-electron chi connectivity index (χ2n) is 6.69. The van der Waals surface area contributed by atoms with E-state index in [4.69, 9.17) is 5.73 Å². The molecule has 0 atom stereocenters. The van der Waals surface area contributed by atoms with Crippen molar-refractivity contribution in [3.63, 3.8) is 0 Å². The van der Waals surface area contributed by atoms with E-state index < -0.39 is 5.91 Å². The van der Waals surface area contributed by atoms with E-state index in [9.17, 15) is 14.0 Å². The lowest BCUT2D eigenvalue weighted by atomic mass is 10.2. The molecule has 0 unspecified atom stereocenters. The van der Waals surface area contributed by atoms with Gasteiger partial charge in [-0.2, -0.15) is 0 Å². The molecule has 1 saturated carbocycles. The highest BCUT2D eigenvalue weighted by Gasteiger charge is 2.30. The third-order valence-electron chi connectivity index (χ3n) is 4.46. The second-order valence-corrected chi connectivity index (χ2v) is 7.64. The number of hydrogen-bond donors (Lipinski definition) is 2. The summed E-state index contributed by atoms with van der Waals surface area (Å²) in [5.74, 6) is -0.185. The molecule has 148 valence electrons. The molecule has 1 heterocycles. The molecule has 1 fully saturated rings. The van der Waals surface area contributed by atoms with Crippen molar-refractivity contribution in [2.24, 2.45) is 5.73 Å². The number of thioether (sulfide) groups is 1. The van der Waals surface area contributed by atoms with Crippen LogP contribution in [-0.2, 0) is 4.79 Å². The molecule has 0 bridgehead atoms. The smallest absolute Gasteiger partial charge is 0.248 e. The predicted octanol–water partition coefficient (Wildman–Crippen LogP) is 3.25. The van der Waals surface area contributed by atoms with Gasteiger partial charge in [0.1, 0.15) is 5.82 Å². The van der Waals surface area contributed by atoms with E-state index >= 15 is 0 Å². The lowest BCUT2D eigenvalue weighted by Crippen LogP contribution is -2.15. The minimum absolute atomic E-state index is 0.159. The molecule has 9 heteroatoms. The van der Waals surface area contributed by atoms with Crippen LogP contribution in [0.25, 0.3) is 11.4 Å². The molecule has 1 aromatic heterocycles. The Morgan fingerprint density at radius 3 is 2.41 bits per heavy atom. The van der Waals surface area contributed by atoms with Crippen LogP contribution in [0.4, 0.5) is 10.1 Å². The molecule has 3 aromatic rings. The van der Waals surface area contributed by atoms with Gasteiger partial charge in [-0.1, -0.05) is 11.8 Å². The zero-order chi connectivity index (χ0) is 20.4. The van der Waals surface area contributed by atoms with Crippen LogP contribution in [0.15, 0.2) is 53.7 Å². The Morgan fingerprint density at radius 2 is 1.79 bits per heavy atom. The van der Waals surface area contributed by atoms with E-state index in [1.165, 1.54) is 23.9 Å². The van der Waals surface area contributed by atoms with Crippen LogP contribution < -0.4 is 11.1 Å². The van der Waals surface area contributed by atoms with Gasteiger partial charge < -0.3 is 11.1 Å². The van der Waals surface area contributed by atoms with E-state index in [-0.39, 0.29) is 17.5 Å². The molecule has 2 aromatic carbocycles. The topological polar surface area (TPSA) is 103 Å². The number of benzene rings is 2. The maximum atomic E-state index is 13.2. The Hall–Kier alpha value is -3.20. The summed E-state index contributed by atoms with van der Waals surface area (Å²) in [6, 6.07) is 12.8. The summed E-state index contributed by atoms with van der Waals surface area (Å²) in [6.07, 6.45) is 2.05. The van der Waals surface area contributed by atoms with Gasteiger partial charge in [0, 0.05) is 22.9 Å². The van der Waals surface area contributed by atoms with Gasteiger partial charge in [0.25, 0.3) is 0 Å². The number of primary amides is 1. The van der Waals surface area contributed by atoms with E-state index in [1.807, 2.05) is 4.57 Å². The van der Waals surface area contributed by atoms with Crippen LogP contribution in [-0.4, -0.2) is 32.3 Å². The number of rotatable bonds is 7. The number of nitrogens with zero attached hydrogens (tertiary/aromatic N) is 3. The fraction of sp³-hybridized carbons (Fsp3) is 0.200. The molecule has 1 aliphatic rings. The highest BCUT2D eigenvalue weighted by Crippen LogP contribution is 2.41. The summed E-state index contributed by atoms with van der Waals surface area (Å²) in [5, 5.41) is 11.9. The molecule has 0 saturated heterocycles. The monoisotopic (exact) mass is 411 g/mol. The average Bonchev–Trinajstić information content (AvgIpc) is 3.46. The third kappa shape index (κ3) is 4.45. The molecule has 0 spiro atoms. The van der Waals surface area contributed by atoms with Gasteiger partial charge in [0.05, 0.1) is 5.75 Å². The molecular weight excluding hydrogens is 393 g/mol. The van der Waals surface area contributed by atoms with Crippen molar-refractivity contribution < 1.29 is 14.0 Å². The summed E-state index contributed by atoms with van der Waals surface area (Å²) >= 11 is 1.30. The summed E-state index contributed by atoms with van der Waals surface area (Å²) in [7, 11) is 0. The third-order valence-corrected chi connectivity index (χ3v) is 5.41. The molecule has 7 nitrogen and oxygen atoms in total. The highest BCUT2D eigenvalue weighted by molar-refractivity contribution is 7.99. The lowest BCUT2D eigenvalue weighted by Gasteiger charge is -2.09. The first-order valence-electron chi connectivity index (χ1n) is 9.04. The van der Waals surface area contributed by atoms with Gasteiger partial charge in [-0.15, -0.1) is 10.2 Å². The van der Waals surface area contributed by atoms with Crippen LogP contribution in [0, 0.1) is 5.82 Å². The summed E-state index contributed by atoms with van der Waals surface area (Å²) in [6.45, 7) is 0. The van der Waals surface area contributed by atoms with Crippen LogP contribution in [0.5, 0.6) is 0 Å². The van der Waals surface area contributed by atoms with E-state index in [0.717, 1.165) is 18.4 Å². The standard InChI is InChI=1S/C20H18FN5O2S/c21-14-5-1-13(2-6-14)19-24-25-20(26(19)16-9-10-16)29-11-17(27)23-15-7-3-12(4-8-15)18(22)28/h1-8,16H,9-11H2,(H2,22,28)(H,23,27). The number of carbonyl (C=O) groups excluding carboxylic acids is 2. The number of nitrogens with two attached hydrogens (primary N) is 1. The van der Waals surface area contributed by atoms with Gasteiger partial charge >= 0.3 is 0 Å². The molecule has 1 aliphatic carbocycles. The van der Waals surface area contributed by atoms with Crippen LogP contribution >= 0.6 is 11.8 Å². The summed E-state index contributed by atoms with van der Waals surface area (Å²) in [5.41, 5.74) is 6.96. The number of carbonyl (C=O) groups is 2. The molecule has 3 N–H and O–H groups in total. The Bertz CT molecular complexity index is 1050. The molecule has 2 amide bonds. The zero-order valence-electron chi connectivity index (χ0n) is 15.3. The van der Waals surface area contributed by atoms with Crippen LogP contribution in [0.1, 0.15) is 29.2 Å². The Kier molecular flexibility index (Phi) is 5.30. The molecular formula is C20H18FN5O2S. The Morgan fingerprint density at radius 1 is 1.10 bits per heavy atom. The zero-order valence-corrected chi connectivity index (χ0v) is 16.2. The van der Waals surface area contributed by atoms with Crippen molar-refractivity contribution >= 4 is 29.3 Å². The molecule has 0 aliphatic heterocycles. The number of aromatic nitrogens is 3. The van der Waals surface area contributed by atoms with Gasteiger partial charge in [-0.3, -0.25) is 14.2 Å². The first-order valence-corrected chi connectivity index (χ1v) is 10.0. The van der Waals surface area contributed by atoms with Gasteiger partial charge in [-0.25, -0.2) is 4.39 Å². The van der Waals surface area contributed by atoms with E-state index in [0.29, 0.717) is 28.3 Å². The predicted molar refractivity (Wildman–Crippen MR) is 108 cm³/mol. The number of hydrogen-bond acceptors (Lipinski definition) is 5. The summed E-state index contributed by atoms with van der Waals surface area (Å²) in [4.78, 5) is 23.4. The number of anilines is 1. The Balaban J connectivity index is 1.43. The van der Waals surface area contributed by atoms with Crippen molar-refractivity contribution in [3.05, 3.63) is 59.9 Å². The highest BCUT2D eigenvalue weighted by atomic mass is 32.2. The van der Waals surface area contributed by atoms with Crippen molar-refractivity contribution in [1.29, 1.82) is 0 Å². The summed E-state index contributed by atoms with van der Waals surface area (Å²) < 4.78 is 15.2. The van der Waals surface area contributed by atoms with Crippen molar-refractivity contribution in [2.45, 2.75) is 24.0 Å². The second kappa shape index (κ2) is 8.04. The SMILES string of the molecule is NC(=O)c1ccc(NC(=O)CSc2nnc(-c3ccc(F)cc3)n2C2CC2)cc1. The normalized spacial score (nSPS) is 13.3. The van der Waals surface area contributed by atoms with Crippen molar-refractivity contribution in [1.82, 2.24) is 14.8 Å². The minimum Gasteiger partial charge on any atom is -0.366 e. The van der Waals surface area contributed by atoms with Gasteiger partial charge in [-0.05, 0) is 61.4 Å². The molecule has 29 heavy (non-hydrogen) atoms. The number of halogens is 1. The van der Waals surface area contributed by atoms with Crippen LogP contribution in [0.2, 0.25) is 0 Å². The van der Waals surface area contributed by atoms with Crippen LogP contribution in [0.3, 0.4) is 0 Å². The van der Waals surface area contributed by atoms with Gasteiger partial charge in [0.15, 0.2) is 11.0 Å². The van der Waals surface area contributed by atoms with Gasteiger partial charge in [0.2, 0.25) is 11.8 Å². The van der Waals surface area contributed by atoms with Crippen molar-refractivity contribution in [3.8, 4) is 11.4 Å². The maximum Gasteiger partial charge on any atom is 0.248 e. The fourth-order valence-electron chi connectivity index (χ4n) is 2.88. The maximum absolute atomic E-state index is 13.2. The van der Waals surface area contributed by atoms with E-state index in [1.54, 1.807) is 36.4 Å². The van der Waals surface area contributed by atoms with E-state index in [2.05, 4.69) is 15.5 Å². The largest absolute Gasteiger partial charge is 0.366 e. The fourth-order valence-corrected chi connectivity index (χ4v) is 3.68. The molecule has 4 rings (SSSR count). The lowest BCUT2D eigenvalue weighted by molar-refractivity contribution is -0.113. The first-order chi connectivity index (χ1) is 14.0. The number of amides is 2. The minimum atomic E-state index is -0.519. The average molecular weight is 411 g/mol. The number of nitrogens with one attached hydrogen (secondary N) is 1.